The Balaban J connectivity index is 2.40. The molecule has 0 N–H and O–H groups in total. The number of benzene rings is 1. The van der Waals surface area contributed by atoms with Crippen LogP contribution in [0, 0.1) is 11.3 Å². The molecule has 5 heteroatoms. The number of nitrogens with zero attached hydrogens (tertiary/aromatic N) is 1. The van der Waals surface area contributed by atoms with E-state index in [9.17, 15) is 10.1 Å². The fourth-order valence-corrected chi connectivity index (χ4v) is 3.21. The standard InChI is InChI=1S/C15H11Cl2NOS/c1-2-9-5-6-20-15(9)14(19)11(8-18)10-3-4-12(16)13(17)7-10/h3-7,11H,2H2,1H3. The normalized spacial score (nSPS) is 11.9. The number of carbonyl (C=O) groups excluding carboxylic acids is 1. The van der Waals surface area contributed by atoms with Gasteiger partial charge in [-0.05, 0) is 41.1 Å². The van der Waals surface area contributed by atoms with Gasteiger partial charge in [-0.25, -0.2) is 0 Å². The van der Waals surface area contributed by atoms with Crippen molar-refractivity contribution < 1.29 is 4.79 Å². The fraction of sp³-hybridized carbons (Fsp3) is 0.200. The van der Waals surface area contributed by atoms with E-state index in [2.05, 4.69) is 6.07 Å². The monoisotopic (exact) mass is 323 g/mol. The first kappa shape index (κ1) is 15.1. The van der Waals surface area contributed by atoms with Crippen LogP contribution in [0.25, 0.3) is 0 Å². The third-order valence-electron chi connectivity index (χ3n) is 3.02. The lowest BCUT2D eigenvalue weighted by molar-refractivity contribution is 0.0982. The average Bonchev–Trinajstić information content (AvgIpc) is 2.91. The maximum atomic E-state index is 12.5. The van der Waals surface area contributed by atoms with E-state index in [1.165, 1.54) is 11.3 Å². The molecule has 0 saturated carbocycles. The van der Waals surface area contributed by atoms with Crippen molar-refractivity contribution in [3.63, 3.8) is 0 Å². The van der Waals surface area contributed by atoms with Crippen molar-refractivity contribution in [3.05, 3.63) is 55.7 Å². The van der Waals surface area contributed by atoms with Crippen LogP contribution in [0.2, 0.25) is 10.0 Å². The van der Waals surface area contributed by atoms with Gasteiger partial charge in [-0.3, -0.25) is 4.79 Å². The molecule has 0 bridgehead atoms. The van der Waals surface area contributed by atoms with Crippen LogP contribution in [0.1, 0.15) is 33.6 Å². The van der Waals surface area contributed by atoms with Crippen LogP contribution >= 0.6 is 34.5 Å². The molecule has 1 aromatic heterocycles. The van der Waals surface area contributed by atoms with Crippen LogP contribution in [-0.4, -0.2) is 5.78 Å². The highest BCUT2D eigenvalue weighted by molar-refractivity contribution is 7.12. The second-order valence-electron chi connectivity index (χ2n) is 4.23. The summed E-state index contributed by atoms with van der Waals surface area (Å²) in [5.41, 5.74) is 1.54. The first-order chi connectivity index (χ1) is 9.58. The molecule has 0 fully saturated rings. The maximum absolute atomic E-state index is 12.5. The summed E-state index contributed by atoms with van der Waals surface area (Å²) in [6, 6.07) is 8.82. The summed E-state index contributed by atoms with van der Waals surface area (Å²) in [6.45, 7) is 1.99. The van der Waals surface area contributed by atoms with Gasteiger partial charge in [0.05, 0.1) is 21.0 Å². The van der Waals surface area contributed by atoms with Gasteiger partial charge >= 0.3 is 0 Å². The minimum Gasteiger partial charge on any atom is -0.291 e. The predicted molar refractivity (Wildman–Crippen MR) is 82.8 cm³/mol. The quantitative estimate of drug-likeness (QED) is 0.734. The van der Waals surface area contributed by atoms with Gasteiger partial charge < -0.3 is 0 Å². The molecule has 0 saturated heterocycles. The second-order valence-corrected chi connectivity index (χ2v) is 5.96. The molecule has 0 aliphatic rings. The van der Waals surface area contributed by atoms with Crippen molar-refractivity contribution in [1.29, 1.82) is 5.26 Å². The topological polar surface area (TPSA) is 40.9 Å². The zero-order valence-electron chi connectivity index (χ0n) is 10.7. The Bertz CT molecular complexity index is 687. The Labute approximate surface area is 131 Å². The summed E-state index contributed by atoms with van der Waals surface area (Å²) in [7, 11) is 0. The van der Waals surface area contributed by atoms with Gasteiger partial charge in [0.15, 0.2) is 5.78 Å². The van der Waals surface area contributed by atoms with E-state index in [1.54, 1.807) is 18.2 Å². The number of ketones is 1. The highest BCUT2D eigenvalue weighted by Gasteiger charge is 2.25. The van der Waals surface area contributed by atoms with Crippen molar-refractivity contribution in [3.8, 4) is 6.07 Å². The fourth-order valence-electron chi connectivity index (χ4n) is 1.94. The molecule has 2 aromatic rings. The molecule has 2 rings (SSSR count). The highest BCUT2D eigenvalue weighted by atomic mass is 35.5. The van der Waals surface area contributed by atoms with Crippen molar-refractivity contribution in [1.82, 2.24) is 0 Å². The van der Waals surface area contributed by atoms with E-state index in [4.69, 9.17) is 23.2 Å². The van der Waals surface area contributed by atoms with Gasteiger partial charge in [-0.15, -0.1) is 11.3 Å². The second kappa shape index (κ2) is 6.41. The Morgan fingerprint density at radius 1 is 1.35 bits per heavy atom. The largest absolute Gasteiger partial charge is 0.291 e. The number of Topliss-reactive ketones (excluding diaryl/α,β-unsaturated/α-hetero) is 1. The van der Waals surface area contributed by atoms with Crippen molar-refractivity contribution in [2.24, 2.45) is 0 Å². The molecule has 1 heterocycles. The van der Waals surface area contributed by atoms with Crippen molar-refractivity contribution >= 4 is 40.3 Å². The smallest absolute Gasteiger partial charge is 0.194 e. The average molecular weight is 324 g/mol. The van der Waals surface area contributed by atoms with Gasteiger partial charge in [0, 0.05) is 0 Å². The molecule has 1 unspecified atom stereocenters. The van der Waals surface area contributed by atoms with Crippen molar-refractivity contribution in [2.75, 3.05) is 0 Å². The number of nitriles is 1. The zero-order valence-corrected chi connectivity index (χ0v) is 13.0. The molecular formula is C15H11Cl2NOS. The molecule has 0 radical (unpaired) electrons. The first-order valence-corrected chi connectivity index (χ1v) is 7.67. The Morgan fingerprint density at radius 2 is 2.10 bits per heavy atom. The Hall–Kier alpha value is -1.34. The molecule has 0 amide bonds. The van der Waals surface area contributed by atoms with Gasteiger partial charge in [0.25, 0.3) is 0 Å². The van der Waals surface area contributed by atoms with E-state index in [-0.39, 0.29) is 5.78 Å². The lowest BCUT2D eigenvalue weighted by Gasteiger charge is -2.09. The van der Waals surface area contributed by atoms with Gasteiger partial charge in [0.1, 0.15) is 5.92 Å². The van der Waals surface area contributed by atoms with E-state index in [1.807, 2.05) is 18.4 Å². The summed E-state index contributed by atoms with van der Waals surface area (Å²) < 4.78 is 0. The number of hydrogen-bond donors (Lipinski definition) is 0. The summed E-state index contributed by atoms with van der Waals surface area (Å²) >= 11 is 13.2. The predicted octanol–water partition coefficient (Wildman–Crippen LogP) is 5.11. The molecular weight excluding hydrogens is 313 g/mol. The lowest BCUT2D eigenvalue weighted by atomic mass is 9.94. The lowest BCUT2D eigenvalue weighted by Crippen LogP contribution is -2.11. The van der Waals surface area contributed by atoms with E-state index >= 15 is 0 Å². The molecule has 20 heavy (non-hydrogen) atoms. The number of aryl methyl sites for hydroxylation is 1. The Kier molecular flexibility index (Phi) is 4.82. The number of thiophene rings is 1. The van der Waals surface area contributed by atoms with Crippen LogP contribution in [0.4, 0.5) is 0 Å². The molecule has 1 atom stereocenters. The number of rotatable bonds is 4. The summed E-state index contributed by atoms with van der Waals surface area (Å²) in [4.78, 5) is 13.2. The number of carbonyl (C=O) groups is 1. The minimum absolute atomic E-state index is 0.183. The van der Waals surface area contributed by atoms with E-state index < -0.39 is 5.92 Å². The molecule has 0 aliphatic heterocycles. The number of hydrogen-bond acceptors (Lipinski definition) is 3. The Morgan fingerprint density at radius 3 is 2.70 bits per heavy atom. The van der Waals surface area contributed by atoms with Crippen LogP contribution in [-0.2, 0) is 6.42 Å². The van der Waals surface area contributed by atoms with Gasteiger partial charge in [-0.1, -0.05) is 36.2 Å². The summed E-state index contributed by atoms with van der Waals surface area (Å²) in [5.74, 6) is -1.04. The van der Waals surface area contributed by atoms with Crippen LogP contribution in [0.3, 0.4) is 0 Å². The number of halogens is 2. The van der Waals surface area contributed by atoms with Crippen LogP contribution in [0.15, 0.2) is 29.6 Å². The SMILES string of the molecule is CCc1ccsc1C(=O)C(C#N)c1ccc(Cl)c(Cl)c1. The van der Waals surface area contributed by atoms with Crippen LogP contribution < -0.4 is 0 Å². The van der Waals surface area contributed by atoms with E-state index in [0.29, 0.717) is 20.5 Å². The van der Waals surface area contributed by atoms with Crippen LogP contribution in [0.5, 0.6) is 0 Å². The minimum atomic E-state index is -0.853. The van der Waals surface area contributed by atoms with E-state index in [0.717, 1.165) is 12.0 Å². The summed E-state index contributed by atoms with van der Waals surface area (Å²) in [5, 5.41) is 12.0. The summed E-state index contributed by atoms with van der Waals surface area (Å²) in [6.07, 6.45) is 0.768. The molecule has 1 aromatic carbocycles. The van der Waals surface area contributed by atoms with Gasteiger partial charge in [-0.2, -0.15) is 5.26 Å². The molecule has 0 spiro atoms. The molecule has 2 nitrogen and oxygen atoms in total. The molecule has 0 aliphatic carbocycles. The van der Waals surface area contributed by atoms with Gasteiger partial charge in [0.2, 0.25) is 0 Å². The zero-order chi connectivity index (χ0) is 14.7. The van der Waals surface area contributed by atoms with Crippen molar-refractivity contribution in [2.45, 2.75) is 19.3 Å². The first-order valence-electron chi connectivity index (χ1n) is 6.03. The molecule has 102 valence electrons. The third-order valence-corrected chi connectivity index (χ3v) is 4.73. The highest BCUT2D eigenvalue weighted by Crippen LogP contribution is 2.30. The third kappa shape index (κ3) is 2.88. The maximum Gasteiger partial charge on any atom is 0.194 e.